The summed E-state index contributed by atoms with van der Waals surface area (Å²) in [5.74, 6) is 1.36. The molecule has 6 heteroatoms. The predicted octanol–water partition coefficient (Wildman–Crippen LogP) is 4.02. The van der Waals surface area contributed by atoms with Gasteiger partial charge in [0.15, 0.2) is 0 Å². The highest BCUT2D eigenvalue weighted by Gasteiger charge is 2.37. The largest absolute Gasteiger partial charge is 0.447 e. The first-order chi connectivity index (χ1) is 12.1. The van der Waals surface area contributed by atoms with Crippen LogP contribution < -0.4 is 10.2 Å². The number of cyclic esters (lactones) is 1. The second kappa shape index (κ2) is 7.51. The quantitative estimate of drug-likeness (QED) is 0.860. The van der Waals surface area contributed by atoms with Crippen molar-refractivity contribution in [3.63, 3.8) is 0 Å². The SMILES string of the molecule is CC[C@H](Nc1nccc(N2C(=O)OC[C@@H]2C(C)C)n1)c1ccccc1. The van der Waals surface area contributed by atoms with Crippen molar-refractivity contribution in [2.75, 3.05) is 16.8 Å². The third kappa shape index (κ3) is 3.73. The molecule has 1 aliphatic heterocycles. The number of benzene rings is 1. The van der Waals surface area contributed by atoms with Crippen molar-refractivity contribution in [2.24, 2.45) is 5.92 Å². The van der Waals surface area contributed by atoms with Gasteiger partial charge in [-0.1, -0.05) is 51.1 Å². The Balaban J connectivity index is 1.83. The van der Waals surface area contributed by atoms with Gasteiger partial charge in [-0.05, 0) is 24.0 Å². The minimum atomic E-state index is -0.349. The van der Waals surface area contributed by atoms with Crippen LogP contribution in [0.1, 0.15) is 38.8 Å². The number of anilines is 2. The summed E-state index contributed by atoms with van der Waals surface area (Å²) in [6, 6.07) is 12.0. The number of nitrogens with one attached hydrogen (secondary N) is 1. The molecule has 2 aromatic rings. The molecule has 1 amide bonds. The summed E-state index contributed by atoms with van der Waals surface area (Å²) in [5.41, 5.74) is 1.18. The van der Waals surface area contributed by atoms with Crippen LogP contribution in [0.5, 0.6) is 0 Å². The summed E-state index contributed by atoms with van der Waals surface area (Å²) < 4.78 is 5.21. The molecule has 1 N–H and O–H groups in total. The molecule has 6 nitrogen and oxygen atoms in total. The molecule has 0 aliphatic carbocycles. The highest BCUT2D eigenvalue weighted by atomic mass is 16.6. The van der Waals surface area contributed by atoms with Crippen LogP contribution in [0.25, 0.3) is 0 Å². The van der Waals surface area contributed by atoms with Crippen LogP contribution in [-0.4, -0.2) is 28.7 Å². The Kier molecular flexibility index (Phi) is 5.16. The van der Waals surface area contributed by atoms with Crippen molar-refractivity contribution in [2.45, 2.75) is 39.3 Å². The van der Waals surface area contributed by atoms with Crippen LogP contribution in [0.2, 0.25) is 0 Å². The normalized spacial score (nSPS) is 18.3. The molecule has 1 saturated heterocycles. The van der Waals surface area contributed by atoms with Crippen LogP contribution >= 0.6 is 0 Å². The second-order valence-electron chi connectivity index (χ2n) is 6.51. The maximum atomic E-state index is 12.1. The van der Waals surface area contributed by atoms with E-state index in [4.69, 9.17) is 4.74 Å². The molecule has 3 rings (SSSR count). The van der Waals surface area contributed by atoms with Gasteiger partial charge in [0.05, 0.1) is 12.1 Å². The Labute approximate surface area is 148 Å². The molecule has 2 heterocycles. The number of hydrogen-bond donors (Lipinski definition) is 1. The summed E-state index contributed by atoms with van der Waals surface area (Å²) in [5, 5.41) is 3.37. The van der Waals surface area contributed by atoms with Gasteiger partial charge in [0.1, 0.15) is 12.4 Å². The van der Waals surface area contributed by atoms with Crippen LogP contribution in [0, 0.1) is 5.92 Å². The fourth-order valence-corrected chi connectivity index (χ4v) is 3.01. The molecule has 132 valence electrons. The van der Waals surface area contributed by atoms with Gasteiger partial charge in [-0.3, -0.25) is 4.90 Å². The van der Waals surface area contributed by atoms with E-state index in [1.54, 1.807) is 17.2 Å². The minimum absolute atomic E-state index is 0.00801. The van der Waals surface area contributed by atoms with Gasteiger partial charge < -0.3 is 10.1 Å². The molecular formula is C19H24N4O2. The summed E-state index contributed by atoms with van der Waals surface area (Å²) in [6.45, 7) is 6.65. The standard InChI is InChI=1S/C19H24N4O2/c1-4-15(14-8-6-5-7-9-14)21-18-20-11-10-17(22-18)23-16(13(2)3)12-25-19(23)24/h5-11,13,15-16H,4,12H2,1-3H3,(H,20,21,22)/t15-,16+/m0/s1. The third-order valence-electron chi connectivity index (χ3n) is 4.48. The van der Waals surface area contributed by atoms with Crippen LogP contribution in [0.15, 0.2) is 42.6 Å². The lowest BCUT2D eigenvalue weighted by Gasteiger charge is -2.24. The zero-order chi connectivity index (χ0) is 17.8. The fraction of sp³-hybridized carbons (Fsp3) is 0.421. The second-order valence-corrected chi connectivity index (χ2v) is 6.51. The number of carbonyl (C=O) groups excluding carboxylic acids is 1. The van der Waals surface area contributed by atoms with E-state index in [-0.39, 0.29) is 24.1 Å². The monoisotopic (exact) mass is 340 g/mol. The van der Waals surface area contributed by atoms with Gasteiger partial charge in [0.25, 0.3) is 0 Å². The maximum Gasteiger partial charge on any atom is 0.415 e. The van der Waals surface area contributed by atoms with Crippen molar-refractivity contribution >= 4 is 17.9 Å². The topological polar surface area (TPSA) is 67.4 Å². The van der Waals surface area contributed by atoms with Crippen molar-refractivity contribution in [1.29, 1.82) is 0 Å². The van der Waals surface area contributed by atoms with E-state index in [1.807, 2.05) is 18.2 Å². The molecule has 1 aromatic heterocycles. The van der Waals surface area contributed by atoms with Crippen molar-refractivity contribution in [1.82, 2.24) is 9.97 Å². The molecule has 1 aromatic carbocycles. The summed E-state index contributed by atoms with van der Waals surface area (Å²) in [4.78, 5) is 22.6. The predicted molar refractivity (Wildman–Crippen MR) is 97.6 cm³/mol. The van der Waals surface area contributed by atoms with Gasteiger partial charge >= 0.3 is 6.09 Å². The van der Waals surface area contributed by atoms with Crippen LogP contribution in [0.4, 0.5) is 16.6 Å². The van der Waals surface area contributed by atoms with E-state index in [9.17, 15) is 4.79 Å². The lowest BCUT2D eigenvalue weighted by Crippen LogP contribution is -2.37. The van der Waals surface area contributed by atoms with E-state index in [2.05, 4.69) is 48.2 Å². The third-order valence-corrected chi connectivity index (χ3v) is 4.48. The van der Waals surface area contributed by atoms with E-state index in [0.717, 1.165) is 6.42 Å². The van der Waals surface area contributed by atoms with Crippen molar-refractivity contribution < 1.29 is 9.53 Å². The van der Waals surface area contributed by atoms with Gasteiger partial charge in [0, 0.05) is 6.20 Å². The van der Waals surface area contributed by atoms with Crippen LogP contribution in [-0.2, 0) is 4.74 Å². The van der Waals surface area contributed by atoms with Crippen LogP contribution in [0.3, 0.4) is 0 Å². The Morgan fingerprint density at radius 3 is 2.72 bits per heavy atom. The Hall–Kier alpha value is -2.63. The highest BCUT2D eigenvalue weighted by molar-refractivity contribution is 5.89. The zero-order valence-electron chi connectivity index (χ0n) is 14.8. The zero-order valence-corrected chi connectivity index (χ0v) is 14.8. The summed E-state index contributed by atoms with van der Waals surface area (Å²) >= 11 is 0. The maximum absolute atomic E-state index is 12.1. The summed E-state index contributed by atoms with van der Waals surface area (Å²) in [6.07, 6.45) is 2.22. The lowest BCUT2D eigenvalue weighted by atomic mass is 10.0. The molecule has 0 bridgehead atoms. The Bertz CT molecular complexity index is 720. The molecule has 25 heavy (non-hydrogen) atoms. The number of amides is 1. The molecule has 1 fully saturated rings. The number of carbonyl (C=O) groups is 1. The fourth-order valence-electron chi connectivity index (χ4n) is 3.01. The molecule has 0 unspecified atom stereocenters. The smallest absolute Gasteiger partial charge is 0.415 e. The number of ether oxygens (including phenoxy) is 1. The minimum Gasteiger partial charge on any atom is -0.447 e. The average molecular weight is 340 g/mol. The average Bonchev–Trinajstić information content (AvgIpc) is 3.02. The number of aromatic nitrogens is 2. The molecule has 0 radical (unpaired) electrons. The highest BCUT2D eigenvalue weighted by Crippen LogP contribution is 2.27. The van der Waals surface area contributed by atoms with E-state index in [0.29, 0.717) is 18.4 Å². The molecule has 1 aliphatic rings. The summed E-state index contributed by atoms with van der Waals surface area (Å²) in [7, 11) is 0. The molecular weight excluding hydrogens is 316 g/mol. The molecule has 2 atom stereocenters. The molecule has 0 saturated carbocycles. The van der Waals surface area contributed by atoms with Gasteiger partial charge in [-0.2, -0.15) is 4.98 Å². The number of rotatable bonds is 6. The first-order valence-electron chi connectivity index (χ1n) is 8.70. The first kappa shape index (κ1) is 17.2. The molecule has 0 spiro atoms. The van der Waals surface area contributed by atoms with Crippen molar-refractivity contribution in [3.8, 4) is 0 Å². The van der Waals surface area contributed by atoms with Crippen molar-refractivity contribution in [3.05, 3.63) is 48.2 Å². The Morgan fingerprint density at radius 1 is 1.28 bits per heavy atom. The van der Waals surface area contributed by atoms with E-state index in [1.165, 1.54) is 5.56 Å². The lowest BCUT2D eigenvalue weighted by molar-refractivity contribution is 0.177. The van der Waals surface area contributed by atoms with Gasteiger partial charge in [-0.15, -0.1) is 0 Å². The van der Waals surface area contributed by atoms with E-state index < -0.39 is 0 Å². The Morgan fingerprint density at radius 2 is 2.04 bits per heavy atom. The van der Waals surface area contributed by atoms with E-state index >= 15 is 0 Å². The first-order valence-corrected chi connectivity index (χ1v) is 8.70. The number of nitrogens with zero attached hydrogens (tertiary/aromatic N) is 3. The number of hydrogen-bond acceptors (Lipinski definition) is 5. The van der Waals surface area contributed by atoms with Gasteiger partial charge in [-0.25, -0.2) is 9.78 Å². The van der Waals surface area contributed by atoms with Gasteiger partial charge in [0.2, 0.25) is 5.95 Å².